The third-order valence-electron chi connectivity index (χ3n) is 2.97. The van der Waals surface area contributed by atoms with Gasteiger partial charge in [0.25, 0.3) is 0 Å². The second-order valence-electron chi connectivity index (χ2n) is 4.24. The van der Waals surface area contributed by atoms with Crippen molar-refractivity contribution in [1.29, 1.82) is 5.26 Å². The first-order chi connectivity index (χ1) is 8.11. The van der Waals surface area contributed by atoms with Crippen LogP contribution >= 0.6 is 0 Å². The molecular weight excluding hydrogens is 216 g/mol. The van der Waals surface area contributed by atoms with Gasteiger partial charge < -0.3 is 21.3 Å². The van der Waals surface area contributed by atoms with Crippen LogP contribution in [0.1, 0.15) is 5.56 Å². The highest BCUT2D eigenvalue weighted by Crippen LogP contribution is 2.25. The van der Waals surface area contributed by atoms with Crippen LogP contribution in [0, 0.1) is 11.3 Å². The van der Waals surface area contributed by atoms with Crippen LogP contribution in [0.25, 0.3) is 0 Å². The number of hydrogen-bond donors (Lipinski definition) is 2. The predicted molar refractivity (Wildman–Crippen MR) is 67.5 cm³/mol. The Morgan fingerprint density at radius 3 is 2.53 bits per heavy atom. The molecule has 0 spiro atoms. The number of likely N-dealkylation sites (N-methyl/N-ethyl adjacent to an activating group) is 1. The summed E-state index contributed by atoms with van der Waals surface area (Å²) in [7, 11) is 2.07. The Kier molecular flexibility index (Phi) is 3.02. The fraction of sp³-hybridized carbons (Fsp3) is 0.455. The number of anilines is 3. The fourth-order valence-electron chi connectivity index (χ4n) is 1.93. The third kappa shape index (κ3) is 2.24. The summed E-state index contributed by atoms with van der Waals surface area (Å²) < 4.78 is 0. The monoisotopic (exact) mass is 232 g/mol. The maximum atomic E-state index is 9.12. The number of aromatic nitrogens is 1. The predicted octanol–water partition coefficient (Wildman–Crippen LogP) is -0.131. The van der Waals surface area contributed by atoms with Gasteiger partial charge in [-0.3, -0.25) is 0 Å². The number of hydrogen-bond acceptors (Lipinski definition) is 6. The zero-order chi connectivity index (χ0) is 12.4. The molecule has 6 heteroatoms. The van der Waals surface area contributed by atoms with Crippen LogP contribution in [-0.2, 0) is 0 Å². The van der Waals surface area contributed by atoms with Gasteiger partial charge in [-0.05, 0) is 7.05 Å². The SMILES string of the molecule is CN1CCN(c2nc(N)cc(N)c2C#N)CC1. The second kappa shape index (κ2) is 4.47. The van der Waals surface area contributed by atoms with Crippen LogP contribution in [0.5, 0.6) is 0 Å². The summed E-state index contributed by atoms with van der Waals surface area (Å²) in [5, 5.41) is 9.12. The molecule has 1 saturated heterocycles. The Morgan fingerprint density at radius 1 is 1.29 bits per heavy atom. The minimum Gasteiger partial charge on any atom is -0.397 e. The van der Waals surface area contributed by atoms with Crippen molar-refractivity contribution < 1.29 is 0 Å². The van der Waals surface area contributed by atoms with E-state index in [9.17, 15) is 0 Å². The largest absolute Gasteiger partial charge is 0.397 e. The number of nitrogen functional groups attached to an aromatic ring is 2. The first kappa shape index (κ1) is 11.5. The topological polar surface area (TPSA) is 95.2 Å². The number of nitrogens with two attached hydrogens (primary N) is 2. The van der Waals surface area contributed by atoms with Crippen molar-refractivity contribution in [3.8, 4) is 6.07 Å². The summed E-state index contributed by atoms with van der Waals surface area (Å²) in [4.78, 5) is 8.53. The minimum atomic E-state index is 0.357. The zero-order valence-electron chi connectivity index (χ0n) is 9.85. The van der Waals surface area contributed by atoms with Crippen LogP contribution in [0.3, 0.4) is 0 Å². The lowest BCUT2D eigenvalue weighted by Gasteiger charge is -2.33. The molecule has 0 atom stereocenters. The average molecular weight is 232 g/mol. The molecule has 0 aromatic carbocycles. The molecule has 1 fully saturated rings. The summed E-state index contributed by atoms with van der Waals surface area (Å²) in [5.74, 6) is 0.966. The first-order valence-electron chi connectivity index (χ1n) is 5.51. The van der Waals surface area contributed by atoms with Crippen molar-refractivity contribution in [2.75, 3.05) is 49.6 Å². The first-order valence-corrected chi connectivity index (χ1v) is 5.51. The van der Waals surface area contributed by atoms with E-state index in [1.807, 2.05) is 0 Å². The van der Waals surface area contributed by atoms with Crippen molar-refractivity contribution >= 4 is 17.3 Å². The quantitative estimate of drug-likeness (QED) is 0.700. The molecule has 90 valence electrons. The maximum Gasteiger partial charge on any atom is 0.151 e. The summed E-state index contributed by atoms with van der Waals surface area (Å²) >= 11 is 0. The Hall–Kier alpha value is -2.00. The average Bonchev–Trinajstić information content (AvgIpc) is 2.29. The smallest absolute Gasteiger partial charge is 0.151 e. The van der Waals surface area contributed by atoms with E-state index in [1.54, 1.807) is 0 Å². The Labute approximate surface area is 100 Å². The molecule has 2 rings (SSSR count). The van der Waals surface area contributed by atoms with Crippen molar-refractivity contribution in [2.24, 2.45) is 0 Å². The van der Waals surface area contributed by atoms with Gasteiger partial charge in [0.05, 0.1) is 5.69 Å². The molecule has 2 heterocycles. The Balaban J connectivity index is 2.35. The number of nitrogens with zero attached hydrogens (tertiary/aromatic N) is 4. The molecule has 0 amide bonds. The van der Waals surface area contributed by atoms with Gasteiger partial charge in [-0.25, -0.2) is 4.98 Å². The summed E-state index contributed by atoms with van der Waals surface area (Å²) in [6.07, 6.45) is 0. The highest BCUT2D eigenvalue weighted by Gasteiger charge is 2.20. The van der Waals surface area contributed by atoms with Gasteiger partial charge in [-0.1, -0.05) is 0 Å². The highest BCUT2D eigenvalue weighted by molar-refractivity contribution is 5.70. The number of rotatable bonds is 1. The molecule has 6 nitrogen and oxygen atoms in total. The normalized spacial score (nSPS) is 16.8. The Bertz CT molecular complexity index is 456. The van der Waals surface area contributed by atoms with E-state index in [0.717, 1.165) is 26.2 Å². The molecule has 1 aromatic heterocycles. The summed E-state index contributed by atoms with van der Waals surface area (Å²) in [5.41, 5.74) is 12.3. The van der Waals surface area contributed by atoms with Crippen LogP contribution < -0.4 is 16.4 Å². The number of piperazine rings is 1. The molecule has 4 N–H and O–H groups in total. The van der Waals surface area contributed by atoms with E-state index >= 15 is 0 Å². The molecular formula is C11H16N6. The van der Waals surface area contributed by atoms with Gasteiger partial charge in [0.2, 0.25) is 0 Å². The van der Waals surface area contributed by atoms with Crippen LogP contribution in [0.4, 0.5) is 17.3 Å². The van der Waals surface area contributed by atoms with E-state index in [4.69, 9.17) is 16.7 Å². The molecule has 0 unspecified atom stereocenters. The second-order valence-corrected chi connectivity index (χ2v) is 4.24. The molecule has 0 radical (unpaired) electrons. The molecule has 1 aromatic rings. The standard InChI is InChI=1S/C11H16N6/c1-16-2-4-17(5-3-16)11-8(7-12)9(13)6-10(14)15-11/h6H,2-5H2,1H3,(H4,13,14,15). The minimum absolute atomic E-state index is 0.357. The fourth-order valence-corrected chi connectivity index (χ4v) is 1.93. The molecule has 1 aliphatic rings. The summed E-state index contributed by atoms with van der Waals surface area (Å²) in [6, 6.07) is 3.63. The van der Waals surface area contributed by atoms with E-state index in [0.29, 0.717) is 22.9 Å². The Morgan fingerprint density at radius 2 is 1.94 bits per heavy atom. The summed E-state index contributed by atoms with van der Waals surface area (Å²) in [6.45, 7) is 3.56. The van der Waals surface area contributed by atoms with E-state index in [1.165, 1.54) is 6.07 Å². The van der Waals surface area contributed by atoms with Gasteiger partial charge in [-0.15, -0.1) is 0 Å². The van der Waals surface area contributed by atoms with Crippen molar-refractivity contribution in [3.05, 3.63) is 11.6 Å². The lowest BCUT2D eigenvalue weighted by atomic mass is 10.2. The van der Waals surface area contributed by atoms with Gasteiger partial charge in [0, 0.05) is 32.2 Å². The van der Waals surface area contributed by atoms with E-state index in [-0.39, 0.29) is 0 Å². The van der Waals surface area contributed by atoms with Crippen LogP contribution in [0.15, 0.2) is 6.07 Å². The lowest BCUT2D eigenvalue weighted by Crippen LogP contribution is -2.45. The van der Waals surface area contributed by atoms with Crippen molar-refractivity contribution in [2.45, 2.75) is 0 Å². The molecule has 17 heavy (non-hydrogen) atoms. The van der Waals surface area contributed by atoms with Crippen molar-refractivity contribution in [3.63, 3.8) is 0 Å². The van der Waals surface area contributed by atoms with Crippen molar-refractivity contribution in [1.82, 2.24) is 9.88 Å². The van der Waals surface area contributed by atoms with Gasteiger partial charge in [-0.2, -0.15) is 5.26 Å². The molecule has 1 aliphatic heterocycles. The van der Waals surface area contributed by atoms with Crippen LogP contribution in [0.2, 0.25) is 0 Å². The molecule has 0 bridgehead atoms. The third-order valence-corrected chi connectivity index (χ3v) is 2.97. The molecule has 0 saturated carbocycles. The molecule has 0 aliphatic carbocycles. The van der Waals surface area contributed by atoms with Gasteiger partial charge >= 0.3 is 0 Å². The van der Waals surface area contributed by atoms with Gasteiger partial charge in [0.15, 0.2) is 5.82 Å². The number of pyridine rings is 1. The maximum absolute atomic E-state index is 9.12. The van der Waals surface area contributed by atoms with Gasteiger partial charge in [0.1, 0.15) is 17.5 Å². The zero-order valence-corrected chi connectivity index (χ0v) is 9.85. The van der Waals surface area contributed by atoms with E-state index in [2.05, 4.69) is 27.9 Å². The lowest BCUT2D eigenvalue weighted by molar-refractivity contribution is 0.312. The van der Waals surface area contributed by atoms with E-state index < -0.39 is 0 Å². The number of nitriles is 1. The highest BCUT2D eigenvalue weighted by atomic mass is 15.3. The van der Waals surface area contributed by atoms with Crippen LogP contribution in [-0.4, -0.2) is 43.1 Å².